The Balaban J connectivity index is 1.38. The van der Waals surface area contributed by atoms with Crippen molar-refractivity contribution in [1.29, 1.82) is 0 Å². The molecule has 9 rings (SSSR count). The van der Waals surface area contributed by atoms with Crippen LogP contribution >= 0.6 is 11.3 Å². The molecule has 0 amide bonds. The minimum absolute atomic E-state index is 0.00321. The molecule has 1 fully saturated rings. The molecule has 0 atom stereocenters. The van der Waals surface area contributed by atoms with E-state index in [1.54, 1.807) is 0 Å². The average Bonchev–Trinajstić information content (AvgIpc) is 3.53. The van der Waals surface area contributed by atoms with E-state index in [4.69, 9.17) is 4.74 Å². The van der Waals surface area contributed by atoms with Gasteiger partial charge in [-0.05, 0) is 92.4 Å². The van der Waals surface area contributed by atoms with Crippen LogP contribution in [0.5, 0.6) is 0 Å². The normalized spacial score (nSPS) is 15.7. The van der Waals surface area contributed by atoms with Crippen LogP contribution in [0.3, 0.4) is 0 Å². The summed E-state index contributed by atoms with van der Waals surface area (Å²) in [4.78, 5) is 7.70. The Labute approximate surface area is 326 Å². The maximum Gasteiger partial charge on any atom is 0.264 e. The Morgan fingerprint density at radius 2 is 1.09 bits per heavy atom. The lowest BCUT2D eigenvalue weighted by molar-refractivity contribution is 0.122. The van der Waals surface area contributed by atoms with Crippen molar-refractivity contribution in [2.24, 2.45) is 0 Å². The number of benzene rings is 5. The lowest BCUT2D eigenvalue weighted by Gasteiger charge is -2.44. The molecule has 6 aromatic rings. The molecule has 0 saturated carbocycles. The van der Waals surface area contributed by atoms with Gasteiger partial charge in [-0.1, -0.05) is 117 Å². The first-order chi connectivity index (χ1) is 25.7. The summed E-state index contributed by atoms with van der Waals surface area (Å²) in [5, 5.41) is 1.31. The third-order valence-electron chi connectivity index (χ3n) is 11.8. The molecular formula is C48H52BN3OS. The fourth-order valence-electron chi connectivity index (χ4n) is 8.65. The Morgan fingerprint density at radius 3 is 1.69 bits per heavy atom. The van der Waals surface area contributed by atoms with Crippen molar-refractivity contribution in [3.63, 3.8) is 0 Å². The zero-order valence-corrected chi connectivity index (χ0v) is 34.2. The number of hydrogen-bond donors (Lipinski definition) is 0. The molecule has 0 N–H and O–H groups in total. The minimum Gasteiger partial charge on any atom is -0.378 e. The number of rotatable bonds is 3. The number of nitrogens with zero attached hydrogens (tertiary/aromatic N) is 3. The standard InChI is InChI=1S/C48H52BN3OS/c1-46(2,3)31-14-19-34(20-15-31)51-39-28-33(48(7,8)9)18-23-38(39)49-43-40(51)29-36(50-24-26-53-27-25-50)30-41(43)52(35-21-16-32(17-22-35)47(4,5)6)44-37-12-10-11-13-42(37)54-45(44)49/h10-23,28-30H,24-27H2,1-9H3. The second-order valence-corrected chi connectivity index (χ2v) is 19.6. The van der Waals surface area contributed by atoms with Crippen molar-refractivity contribution in [3.05, 3.63) is 120 Å². The third-order valence-corrected chi connectivity index (χ3v) is 13.0. The quantitative estimate of drug-likeness (QED) is 0.169. The van der Waals surface area contributed by atoms with Crippen LogP contribution in [0.1, 0.15) is 79.0 Å². The monoisotopic (exact) mass is 729 g/mol. The van der Waals surface area contributed by atoms with Gasteiger partial charge in [0.25, 0.3) is 6.71 Å². The predicted octanol–water partition coefficient (Wildman–Crippen LogP) is 10.7. The van der Waals surface area contributed by atoms with E-state index in [1.807, 2.05) is 11.3 Å². The maximum atomic E-state index is 5.89. The lowest BCUT2D eigenvalue weighted by Crippen LogP contribution is -2.60. The highest BCUT2D eigenvalue weighted by atomic mass is 32.1. The molecule has 0 spiro atoms. The van der Waals surface area contributed by atoms with Gasteiger partial charge in [0.1, 0.15) is 0 Å². The summed E-state index contributed by atoms with van der Waals surface area (Å²) in [6, 6.07) is 40.0. The number of anilines is 7. The summed E-state index contributed by atoms with van der Waals surface area (Å²) in [6.07, 6.45) is 0. The summed E-state index contributed by atoms with van der Waals surface area (Å²) in [5.74, 6) is 0. The Kier molecular flexibility index (Phi) is 8.15. The average molecular weight is 730 g/mol. The number of ether oxygens (including phenoxy) is 1. The van der Waals surface area contributed by atoms with Gasteiger partial charge in [-0.2, -0.15) is 0 Å². The highest BCUT2D eigenvalue weighted by Gasteiger charge is 2.46. The van der Waals surface area contributed by atoms with Crippen LogP contribution in [-0.4, -0.2) is 33.0 Å². The maximum absolute atomic E-state index is 5.89. The molecule has 0 bridgehead atoms. The van der Waals surface area contributed by atoms with Gasteiger partial charge in [0.2, 0.25) is 0 Å². The summed E-state index contributed by atoms with van der Waals surface area (Å²) in [6.45, 7) is 24.1. The minimum atomic E-state index is 0.00321. The SMILES string of the molecule is CC(C)(C)c1ccc(N2c3cc(C(C)(C)C)ccc3B3c4sc5ccccc5c4N(c4ccc(C(C)(C)C)cc4)c4cc(N5CCOCC5)cc2c43)cc1. The topological polar surface area (TPSA) is 19.0 Å². The second-order valence-electron chi connectivity index (χ2n) is 18.5. The molecule has 274 valence electrons. The predicted molar refractivity (Wildman–Crippen MR) is 235 cm³/mol. The first-order valence-corrected chi connectivity index (χ1v) is 20.5. The van der Waals surface area contributed by atoms with E-state index in [0.717, 1.165) is 26.3 Å². The number of morpholine rings is 1. The molecule has 0 radical (unpaired) electrons. The molecule has 1 aromatic heterocycles. The van der Waals surface area contributed by atoms with Crippen molar-refractivity contribution in [2.45, 2.75) is 78.6 Å². The molecule has 3 aliphatic rings. The second kappa shape index (κ2) is 12.5. The number of hydrogen-bond acceptors (Lipinski definition) is 5. The van der Waals surface area contributed by atoms with Crippen LogP contribution in [0.15, 0.2) is 103 Å². The largest absolute Gasteiger partial charge is 0.378 e. The zero-order chi connectivity index (χ0) is 37.7. The van der Waals surface area contributed by atoms with Crippen molar-refractivity contribution < 1.29 is 4.74 Å². The van der Waals surface area contributed by atoms with Gasteiger partial charge in [-0.15, -0.1) is 11.3 Å². The van der Waals surface area contributed by atoms with E-state index in [0.29, 0.717) is 0 Å². The van der Waals surface area contributed by atoms with E-state index in [-0.39, 0.29) is 23.0 Å². The summed E-state index contributed by atoms with van der Waals surface area (Å²) in [7, 11) is 0. The van der Waals surface area contributed by atoms with Gasteiger partial charge in [-0.25, -0.2) is 0 Å². The van der Waals surface area contributed by atoms with Gasteiger partial charge in [-0.3, -0.25) is 0 Å². The smallest absolute Gasteiger partial charge is 0.264 e. The fraction of sp³-hybridized carbons (Fsp3) is 0.333. The highest BCUT2D eigenvalue weighted by molar-refractivity contribution is 7.33. The van der Waals surface area contributed by atoms with Crippen LogP contribution in [0.4, 0.5) is 39.8 Å². The third kappa shape index (κ3) is 5.76. The molecular weight excluding hydrogens is 677 g/mol. The van der Waals surface area contributed by atoms with Gasteiger partial charge in [0, 0.05) is 62.1 Å². The van der Waals surface area contributed by atoms with Crippen LogP contribution < -0.4 is 30.4 Å². The molecule has 3 aliphatic heterocycles. The Morgan fingerprint density at radius 1 is 0.556 bits per heavy atom. The van der Waals surface area contributed by atoms with Crippen molar-refractivity contribution >= 4 is 83.6 Å². The molecule has 5 aromatic carbocycles. The fourth-order valence-corrected chi connectivity index (χ4v) is 9.97. The molecule has 0 unspecified atom stereocenters. The van der Waals surface area contributed by atoms with Crippen molar-refractivity contribution in [3.8, 4) is 0 Å². The summed E-state index contributed by atoms with van der Waals surface area (Å²) < 4.78 is 8.63. The molecule has 6 heteroatoms. The summed E-state index contributed by atoms with van der Waals surface area (Å²) in [5.41, 5.74) is 15.7. The van der Waals surface area contributed by atoms with Crippen LogP contribution in [0.25, 0.3) is 10.1 Å². The van der Waals surface area contributed by atoms with Crippen molar-refractivity contribution in [2.75, 3.05) is 41.0 Å². The number of thiophene rings is 1. The highest BCUT2D eigenvalue weighted by Crippen LogP contribution is 2.50. The van der Waals surface area contributed by atoms with E-state index in [1.165, 1.54) is 82.3 Å². The van der Waals surface area contributed by atoms with Crippen molar-refractivity contribution in [1.82, 2.24) is 0 Å². The Bertz CT molecular complexity index is 2390. The summed E-state index contributed by atoms with van der Waals surface area (Å²) >= 11 is 1.96. The van der Waals surface area contributed by atoms with Crippen LogP contribution in [0.2, 0.25) is 0 Å². The van der Waals surface area contributed by atoms with Crippen LogP contribution in [0, 0.1) is 0 Å². The van der Waals surface area contributed by atoms with E-state index < -0.39 is 0 Å². The van der Waals surface area contributed by atoms with Gasteiger partial charge in [0.05, 0.1) is 18.9 Å². The van der Waals surface area contributed by atoms with Gasteiger partial charge in [0.15, 0.2) is 0 Å². The first kappa shape index (κ1) is 35.2. The number of fused-ring (bicyclic) bond motifs is 6. The molecule has 4 heterocycles. The van der Waals surface area contributed by atoms with Gasteiger partial charge < -0.3 is 19.4 Å². The first-order valence-electron chi connectivity index (χ1n) is 19.7. The zero-order valence-electron chi connectivity index (χ0n) is 33.4. The molecule has 1 saturated heterocycles. The molecule has 54 heavy (non-hydrogen) atoms. The Hall–Kier alpha value is -4.52. The molecule has 4 nitrogen and oxygen atoms in total. The van der Waals surface area contributed by atoms with Crippen LogP contribution in [-0.2, 0) is 21.0 Å². The van der Waals surface area contributed by atoms with E-state index >= 15 is 0 Å². The molecule has 0 aliphatic carbocycles. The van der Waals surface area contributed by atoms with E-state index in [2.05, 4.69) is 180 Å². The lowest BCUT2D eigenvalue weighted by atomic mass is 9.36. The van der Waals surface area contributed by atoms with Gasteiger partial charge >= 0.3 is 0 Å². The van der Waals surface area contributed by atoms with E-state index in [9.17, 15) is 0 Å².